The number of hydrogen-bond acceptors (Lipinski definition) is 3. The summed E-state index contributed by atoms with van der Waals surface area (Å²) in [7, 11) is 0. The largest absolute Gasteiger partial charge is 0.284 e. The third-order valence-electron chi connectivity index (χ3n) is 3.14. The van der Waals surface area contributed by atoms with Gasteiger partial charge in [0.2, 0.25) is 0 Å². The first kappa shape index (κ1) is 13.9. The van der Waals surface area contributed by atoms with Gasteiger partial charge in [0.15, 0.2) is 5.82 Å². The van der Waals surface area contributed by atoms with Crippen molar-refractivity contribution < 1.29 is 0 Å². The van der Waals surface area contributed by atoms with E-state index in [-0.39, 0.29) is 5.41 Å². The van der Waals surface area contributed by atoms with E-state index in [1.807, 2.05) is 12.4 Å². The highest BCUT2D eigenvalue weighted by molar-refractivity contribution is 6.06. The Labute approximate surface area is 115 Å². The van der Waals surface area contributed by atoms with Crippen molar-refractivity contribution in [1.29, 1.82) is 0 Å². The van der Waals surface area contributed by atoms with Crippen LogP contribution in [0, 0.1) is 11.3 Å². The van der Waals surface area contributed by atoms with Crippen LogP contribution in [0.2, 0.25) is 0 Å². The zero-order chi connectivity index (χ0) is 14.0. The van der Waals surface area contributed by atoms with Gasteiger partial charge in [-0.3, -0.25) is 4.99 Å². The van der Waals surface area contributed by atoms with E-state index in [4.69, 9.17) is 0 Å². The van der Waals surface area contributed by atoms with Gasteiger partial charge in [0.25, 0.3) is 0 Å². The second kappa shape index (κ2) is 5.24. The van der Waals surface area contributed by atoms with E-state index in [9.17, 15) is 0 Å². The van der Waals surface area contributed by atoms with Gasteiger partial charge in [0, 0.05) is 29.1 Å². The summed E-state index contributed by atoms with van der Waals surface area (Å²) in [5.74, 6) is 1.45. The fourth-order valence-corrected chi connectivity index (χ4v) is 2.11. The highest BCUT2D eigenvalue weighted by Crippen LogP contribution is 2.25. The molecular formula is C16H23N3. The standard InChI is InChI=1S/C16H23N3/c1-11(2)6-12-8-18-15(19-9-12)13-7-14(17-10-13)16(3,4)5/h7-9,11H,6,10H2,1-5H3. The summed E-state index contributed by atoms with van der Waals surface area (Å²) < 4.78 is 0. The highest BCUT2D eigenvalue weighted by Gasteiger charge is 2.22. The van der Waals surface area contributed by atoms with Gasteiger partial charge in [0.05, 0.1) is 6.54 Å². The minimum Gasteiger partial charge on any atom is -0.284 e. The molecule has 0 saturated heterocycles. The summed E-state index contributed by atoms with van der Waals surface area (Å²) in [6.07, 6.45) is 7.05. The van der Waals surface area contributed by atoms with Crippen LogP contribution in [-0.2, 0) is 6.42 Å². The minimum absolute atomic E-state index is 0.0966. The van der Waals surface area contributed by atoms with Gasteiger partial charge < -0.3 is 0 Å². The summed E-state index contributed by atoms with van der Waals surface area (Å²) in [6.45, 7) is 11.7. The molecule has 1 aromatic rings. The van der Waals surface area contributed by atoms with Gasteiger partial charge in [-0.1, -0.05) is 34.6 Å². The van der Waals surface area contributed by atoms with Gasteiger partial charge in [-0.15, -0.1) is 0 Å². The van der Waals surface area contributed by atoms with E-state index in [2.05, 4.69) is 55.7 Å². The van der Waals surface area contributed by atoms with Crippen LogP contribution in [-0.4, -0.2) is 22.2 Å². The zero-order valence-corrected chi connectivity index (χ0v) is 12.6. The normalized spacial score (nSPS) is 15.7. The molecule has 0 amide bonds. The van der Waals surface area contributed by atoms with Crippen LogP contribution in [0.3, 0.4) is 0 Å². The van der Waals surface area contributed by atoms with Gasteiger partial charge in [-0.25, -0.2) is 9.97 Å². The average Bonchev–Trinajstić information content (AvgIpc) is 2.78. The third kappa shape index (κ3) is 3.49. The predicted octanol–water partition coefficient (Wildman–Crippen LogP) is 3.56. The zero-order valence-electron chi connectivity index (χ0n) is 12.6. The first-order chi connectivity index (χ1) is 8.86. The molecule has 3 nitrogen and oxygen atoms in total. The molecule has 0 unspecified atom stereocenters. The summed E-state index contributed by atoms with van der Waals surface area (Å²) in [4.78, 5) is 13.5. The summed E-state index contributed by atoms with van der Waals surface area (Å²) in [6, 6.07) is 0. The first-order valence-corrected chi connectivity index (χ1v) is 6.93. The van der Waals surface area contributed by atoms with Crippen molar-refractivity contribution >= 4 is 11.3 Å². The third-order valence-corrected chi connectivity index (χ3v) is 3.14. The number of aromatic nitrogens is 2. The van der Waals surface area contributed by atoms with Crippen molar-refractivity contribution in [3.8, 4) is 0 Å². The highest BCUT2D eigenvalue weighted by atomic mass is 14.9. The Balaban J connectivity index is 2.13. The molecule has 0 spiro atoms. The maximum atomic E-state index is 4.58. The molecule has 102 valence electrons. The lowest BCUT2D eigenvalue weighted by molar-refractivity contribution is 0.594. The van der Waals surface area contributed by atoms with Crippen molar-refractivity contribution in [3.63, 3.8) is 0 Å². The fraction of sp³-hybridized carbons (Fsp3) is 0.562. The number of hydrogen-bond donors (Lipinski definition) is 0. The van der Waals surface area contributed by atoms with Crippen LogP contribution in [0.15, 0.2) is 23.5 Å². The summed E-state index contributed by atoms with van der Waals surface area (Å²) in [5.41, 5.74) is 3.56. The molecule has 0 atom stereocenters. The Bertz CT molecular complexity index is 502. The first-order valence-electron chi connectivity index (χ1n) is 6.93. The Morgan fingerprint density at radius 3 is 2.26 bits per heavy atom. The van der Waals surface area contributed by atoms with Crippen LogP contribution in [0.25, 0.3) is 5.57 Å². The van der Waals surface area contributed by atoms with E-state index in [0.29, 0.717) is 12.5 Å². The molecule has 2 heterocycles. The molecule has 3 heteroatoms. The summed E-state index contributed by atoms with van der Waals surface area (Å²) >= 11 is 0. The van der Waals surface area contributed by atoms with Crippen LogP contribution >= 0.6 is 0 Å². The second-order valence-corrected chi connectivity index (χ2v) is 6.63. The van der Waals surface area contributed by atoms with Crippen molar-refractivity contribution in [2.45, 2.75) is 41.0 Å². The topological polar surface area (TPSA) is 38.1 Å². The Kier molecular flexibility index (Phi) is 3.83. The Hall–Kier alpha value is -1.51. The molecule has 2 rings (SSSR count). The van der Waals surface area contributed by atoms with E-state index in [1.54, 1.807) is 0 Å². The van der Waals surface area contributed by atoms with E-state index >= 15 is 0 Å². The lowest BCUT2D eigenvalue weighted by Gasteiger charge is -2.16. The van der Waals surface area contributed by atoms with Crippen molar-refractivity contribution in [3.05, 3.63) is 29.9 Å². The van der Waals surface area contributed by atoms with Gasteiger partial charge in [-0.2, -0.15) is 0 Å². The molecule has 0 aliphatic carbocycles. The Morgan fingerprint density at radius 2 is 1.79 bits per heavy atom. The van der Waals surface area contributed by atoms with Crippen LogP contribution in [0.1, 0.15) is 46.0 Å². The number of nitrogens with zero attached hydrogens (tertiary/aromatic N) is 3. The van der Waals surface area contributed by atoms with Crippen molar-refractivity contribution in [2.75, 3.05) is 6.54 Å². The average molecular weight is 257 g/mol. The van der Waals surface area contributed by atoms with E-state index < -0.39 is 0 Å². The smallest absolute Gasteiger partial charge is 0.156 e. The quantitative estimate of drug-likeness (QED) is 0.830. The molecule has 0 fully saturated rings. The molecular weight excluding hydrogens is 234 g/mol. The maximum absolute atomic E-state index is 4.58. The Morgan fingerprint density at radius 1 is 1.16 bits per heavy atom. The van der Waals surface area contributed by atoms with Gasteiger partial charge in [-0.05, 0) is 24.0 Å². The van der Waals surface area contributed by atoms with Crippen molar-refractivity contribution in [1.82, 2.24) is 9.97 Å². The fourth-order valence-electron chi connectivity index (χ4n) is 2.11. The molecule has 1 aromatic heterocycles. The number of allylic oxidation sites excluding steroid dienone is 1. The monoisotopic (exact) mass is 257 g/mol. The second-order valence-electron chi connectivity index (χ2n) is 6.63. The van der Waals surface area contributed by atoms with Crippen LogP contribution < -0.4 is 0 Å². The van der Waals surface area contributed by atoms with E-state index in [0.717, 1.165) is 23.5 Å². The molecule has 1 aliphatic heterocycles. The number of rotatable bonds is 3. The van der Waals surface area contributed by atoms with E-state index in [1.165, 1.54) is 5.56 Å². The van der Waals surface area contributed by atoms with Gasteiger partial charge in [0.1, 0.15) is 0 Å². The molecule has 0 radical (unpaired) electrons. The lowest BCUT2D eigenvalue weighted by Crippen LogP contribution is -2.16. The molecule has 19 heavy (non-hydrogen) atoms. The SMILES string of the molecule is CC(C)Cc1cnc(C2=CC(C(C)(C)C)=NC2)nc1. The maximum Gasteiger partial charge on any atom is 0.156 e. The molecule has 0 saturated carbocycles. The summed E-state index contributed by atoms with van der Waals surface area (Å²) in [5, 5.41) is 0. The molecule has 1 aliphatic rings. The van der Waals surface area contributed by atoms with Crippen LogP contribution in [0.5, 0.6) is 0 Å². The minimum atomic E-state index is 0.0966. The lowest BCUT2D eigenvalue weighted by atomic mass is 9.90. The van der Waals surface area contributed by atoms with Crippen molar-refractivity contribution in [2.24, 2.45) is 16.3 Å². The number of aliphatic imine (C=N–C) groups is 1. The van der Waals surface area contributed by atoms with Gasteiger partial charge >= 0.3 is 0 Å². The van der Waals surface area contributed by atoms with Crippen LogP contribution in [0.4, 0.5) is 0 Å². The molecule has 0 N–H and O–H groups in total. The molecule has 0 bridgehead atoms. The predicted molar refractivity (Wildman–Crippen MR) is 80.3 cm³/mol. The molecule has 0 aromatic carbocycles.